The van der Waals surface area contributed by atoms with E-state index in [9.17, 15) is 0 Å². The highest BCUT2D eigenvalue weighted by Crippen LogP contribution is 2.12. The normalized spacial score (nSPS) is 10.5. The fourth-order valence-electron chi connectivity index (χ4n) is 1.13. The molecule has 0 radical (unpaired) electrons. The number of aromatic amines is 1. The summed E-state index contributed by atoms with van der Waals surface area (Å²) in [4.78, 5) is 4.38. The van der Waals surface area contributed by atoms with Crippen LogP contribution in [-0.2, 0) is 6.42 Å². The highest BCUT2D eigenvalue weighted by Gasteiger charge is 1.99. The van der Waals surface area contributed by atoms with Crippen molar-refractivity contribution in [1.82, 2.24) is 15.2 Å². The lowest BCUT2D eigenvalue weighted by molar-refractivity contribution is 0.955. The molecular weight excluding hydrogens is 248 g/mol. The first kappa shape index (κ1) is 10.7. The summed E-state index contributed by atoms with van der Waals surface area (Å²) in [5, 5.41) is 14.0. The van der Waals surface area contributed by atoms with E-state index in [4.69, 9.17) is 12.2 Å². The molecule has 0 saturated carbocycles. The van der Waals surface area contributed by atoms with E-state index < -0.39 is 0 Å². The van der Waals surface area contributed by atoms with Gasteiger partial charge in [0.2, 0.25) is 5.13 Å². The molecule has 15 heavy (non-hydrogen) atoms. The van der Waals surface area contributed by atoms with Gasteiger partial charge in [0, 0.05) is 18.3 Å². The van der Waals surface area contributed by atoms with Crippen LogP contribution < -0.4 is 5.32 Å². The molecular formula is C8H10N4S3. The summed E-state index contributed by atoms with van der Waals surface area (Å²) in [5.74, 6) is 0. The molecule has 2 heterocycles. The predicted octanol–water partition coefficient (Wildman–Crippen LogP) is 2.62. The second-order valence-corrected chi connectivity index (χ2v) is 5.68. The molecule has 80 valence electrons. The van der Waals surface area contributed by atoms with Gasteiger partial charge in [-0.05, 0) is 19.1 Å². The topological polar surface area (TPSA) is 53.6 Å². The Morgan fingerprint density at radius 3 is 3.07 bits per heavy atom. The lowest BCUT2D eigenvalue weighted by Crippen LogP contribution is -2.04. The Morgan fingerprint density at radius 2 is 2.47 bits per heavy atom. The standard InChI is InChI=1S/C8H10N4S3/c1-5-10-6(4-14-5)2-3-9-7-11-12-8(13)15-7/h4H,2-3H2,1H3,(H,9,11)(H,12,13). The molecule has 0 bridgehead atoms. The van der Waals surface area contributed by atoms with Gasteiger partial charge in [0.1, 0.15) is 0 Å². The Hall–Kier alpha value is -0.790. The van der Waals surface area contributed by atoms with Gasteiger partial charge in [-0.3, -0.25) is 5.10 Å². The number of aryl methyl sites for hydroxylation is 1. The van der Waals surface area contributed by atoms with Crippen molar-refractivity contribution in [2.75, 3.05) is 11.9 Å². The monoisotopic (exact) mass is 258 g/mol. The Morgan fingerprint density at radius 1 is 1.60 bits per heavy atom. The first-order valence-electron chi connectivity index (χ1n) is 4.44. The van der Waals surface area contributed by atoms with Crippen LogP contribution in [0.5, 0.6) is 0 Å². The Kier molecular flexibility index (Phi) is 3.45. The summed E-state index contributed by atoms with van der Waals surface area (Å²) in [5.41, 5.74) is 1.13. The molecule has 4 nitrogen and oxygen atoms in total. The molecule has 7 heteroatoms. The van der Waals surface area contributed by atoms with Crippen molar-refractivity contribution in [2.24, 2.45) is 0 Å². The summed E-state index contributed by atoms with van der Waals surface area (Å²) in [6.45, 7) is 2.85. The Labute approximate surface area is 100 Å². The number of hydrogen-bond donors (Lipinski definition) is 2. The van der Waals surface area contributed by atoms with Crippen LogP contribution in [0.25, 0.3) is 0 Å². The highest BCUT2D eigenvalue weighted by atomic mass is 32.1. The molecule has 2 aromatic rings. The minimum absolute atomic E-state index is 0.696. The zero-order chi connectivity index (χ0) is 10.7. The number of rotatable bonds is 4. The van der Waals surface area contributed by atoms with Crippen molar-refractivity contribution < 1.29 is 0 Å². The van der Waals surface area contributed by atoms with Crippen LogP contribution in [0.15, 0.2) is 5.38 Å². The van der Waals surface area contributed by atoms with Gasteiger partial charge in [-0.15, -0.1) is 16.4 Å². The lowest BCUT2D eigenvalue weighted by Gasteiger charge is -1.98. The summed E-state index contributed by atoms with van der Waals surface area (Å²) in [7, 11) is 0. The summed E-state index contributed by atoms with van der Waals surface area (Å²) in [6.07, 6.45) is 0.913. The van der Waals surface area contributed by atoms with Crippen LogP contribution >= 0.6 is 34.9 Å². The van der Waals surface area contributed by atoms with Crippen molar-refractivity contribution in [2.45, 2.75) is 13.3 Å². The van der Waals surface area contributed by atoms with Crippen LogP contribution in [0.2, 0.25) is 0 Å². The van der Waals surface area contributed by atoms with E-state index >= 15 is 0 Å². The maximum absolute atomic E-state index is 4.93. The van der Waals surface area contributed by atoms with Crippen molar-refractivity contribution in [1.29, 1.82) is 0 Å². The smallest absolute Gasteiger partial charge is 0.204 e. The molecule has 0 spiro atoms. The van der Waals surface area contributed by atoms with E-state index in [-0.39, 0.29) is 0 Å². The fourth-order valence-corrected chi connectivity index (χ4v) is 2.59. The summed E-state index contributed by atoms with van der Waals surface area (Å²) in [6, 6.07) is 0. The third-order valence-corrected chi connectivity index (χ3v) is 3.63. The molecule has 0 fully saturated rings. The molecule has 2 rings (SSSR count). The number of H-pyrrole nitrogens is 1. The van der Waals surface area contributed by atoms with Gasteiger partial charge in [0.15, 0.2) is 3.95 Å². The fraction of sp³-hybridized carbons (Fsp3) is 0.375. The molecule has 0 unspecified atom stereocenters. The molecule has 0 aliphatic heterocycles. The second-order valence-electron chi connectivity index (χ2n) is 2.95. The average molecular weight is 258 g/mol. The zero-order valence-corrected chi connectivity index (χ0v) is 10.6. The number of aromatic nitrogens is 3. The summed E-state index contributed by atoms with van der Waals surface area (Å²) < 4.78 is 0.696. The molecule has 0 amide bonds. The van der Waals surface area contributed by atoms with E-state index in [2.05, 4.69) is 25.9 Å². The van der Waals surface area contributed by atoms with Crippen LogP contribution in [0.4, 0.5) is 5.13 Å². The van der Waals surface area contributed by atoms with Crippen molar-refractivity contribution in [3.8, 4) is 0 Å². The van der Waals surface area contributed by atoms with Gasteiger partial charge in [-0.1, -0.05) is 11.3 Å². The van der Waals surface area contributed by atoms with E-state index in [0.717, 1.165) is 28.8 Å². The lowest BCUT2D eigenvalue weighted by atomic mass is 10.3. The minimum Gasteiger partial charge on any atom is -0.360 e. The number of nitrogens with zero attached hydrogens (tertiary/aromatic N) is 2. The quantitative estimate of drug-likeness (QED) is 0.828. The zero-order valence-electron chi connectivity index (χ0n) is 8.11. The SMILES string of the molecule is Cc1nc(CCNc2n[nH]c(=S)s2)cs1. The maximum Gasteiger partial charge on any atom is 0.204 e. The van der Waals surface area contributed by atoms with E-state index in [1.54, 1.807) is 11.3 Å². The third-order valence-electron chi connectivity index (χ3n) is 1.76. The van der Waals surface area contributed by atoms with Gasteiger partial charge in [0.05, 0.1) is 10.7 Å². The number of nitrogens with one attached hydrogen (secondary N) is 2. The molecule has 0 aliphatic rings. The molecule has 2 N–H and O–H groups in total. The second kappa shape index (κ2) is 4.82. The number of thiazole rings is 1. The van der Waals surface area contributed by atoms with Crippen LogP contribution in [0.1, 0.15) is 10.7 Å². The average Bonchev–Trinajstić information content (AvgIpc) is 2.76. The first-order chi connectivity index (χ1) is 7.24. The third kappa shape index (κ3) is 3.08. The largest absolute Gasteiger partial charge is 0.360 e. The van der Waals surface area contributed by atoms with E-state index in [1.165, 1.54) is 11.3 Å². The van der Waals surface area contributed by atoms with Crippen LogP contribution in [0, 0.1) is 10.9 Å². The first-order valence-corrected chi connectivity index (χ1v) is 6.55. The van der Waals surface area contributed by atoms with E-state index in [1.807, 2.05) is 6.92 Å². The Bertz CT molecular complexity index is 484. The molecule has 0 atom stereocenters. The van der Waals surface area contributed by atoms with Crippen LogP contribution in [-0.4, -0.2) is 21.7 Å². The molecule has 0 aliphatic carbocycles. The molecule has 0 saturated heterocycles. The summed E-state index contributed by atoms with van der Waals surface area (Å²) >= 11 is 8.06. The van der Waals surface area contributed by atoms with Gasteiger partial charge < -0.3 is 5.32 Å². The van der Waals surface area contributed by atoms with Gasteiger partial charge >= 0.3 is 0 Å². The van der Waals surface area contributed by atoms with Crippen molar-refractivity contribution >= 4 is 40.0 Å². The van der Waals surface area contributed by atoms with Gasteiger partial charge in [-0.25, -0.2) is 4.98 Å². The minimum atomic E-state index is 0.696. The maximum atomic E-state index is 4.93. The predicted molar refractivity (Wildman–Crippen MR) is 66.3 cm³/mol. The molecule has 2 aromatic heterocycles. The number of hydrogen-bond acceptors (Lipinski definition) is 6. The Balaban J connectivity index is 1.82. The van der Waals surface area contributed by atoms with E-state index in [0.29, 0.717) is 3.95 Å². The number of anilines is 1. The van der Waals surface area contributed by atoms with Crippen molar-refractivity contribution in [3.05, 3.63) is 20.0 Å². The highest BCUT2D eigenvalue weighted by molar-refractivity contribution is 7.73. The van der Waals surface area contributed by atoms with Crippen molar-refractivity contribution in [3.63, 3.8) is 0 Å². The molecule has 0 aromatic carbocycles. The van der Waals surface area contributed by atoms with Gasteiger partial charge in [-0.2, -0.15) is 0 Å². The van der Waals surface area contributed by atoms with Gasteiger partial charge in [0.25, 0.3) is 0 Å². The van der Waals surface area contributed by atoms with Crippen LogP contribution in [0.3, 0.4) is 0 Å².